The van der Waals surface area contributed by atoms with Crippen molar-refractivity contribution in [2.75, 3.05) is 13.2 Å². The summed E-state index contributed by atoms with van der Waals surface area (Å²) in [6.07, 6.45) is 10.8. The van der Waals surface area contributed by atoms with Gasteiger partial charge < -0.3 is 20.1 Å². The molecule has 276 valence electrons. The highest BCUT2D eigenvalue weighted by Crippen LogP contribution is 2.70. The van der Waals surface area contributed by atoms with Gasteiger partial charge in [-0.2, -0.15) is 0 Å². The molecule has 2 N–H and O–H groups in total. The average molecular weight is 701 g/mol. The van der Waals surface area contributed by atoms with Crippen LogP contribution in [0, 0.1) is 80.8 Å². The lowest BCUT2D eigenvalue weighted by Gasteiger charge is -2.59. The van der Waals surface area contributed by atoms with Crippen LogP contribution in [0.4, 0.5) is 0 Å². The Balaban J connectivity index is 1.07. The van der Waals surface area contributed by atoms with Gasteiger partial charge in [0.2, 0.25) is 11.8 Å². The van der Waals surface area contributed by atoms with Crippen molar-refractivity contribution >= 4 is 29.2 Å². The van der Waals surface area contributed by atoms with Crippen molar-refractivity contribution in [2.24, 2.45) is 80.8 Å². The van der Waals surface area contributed by atoms with Crippen LogP contribution in [0.1, 0.15) is 106 Å². The maximum atomic E-state index is 14.7. The van der Waals surface area contributed by atoms with Crippen molar-refractivity contribution in [3.05, 3.63) is 23.5 Å². The fraction of sp³-hybridized carbons (Fsp3) is 0.786. The molecule has 4 saturated carbocycles. The van der Waals surface area contributed by atoms with E-state index in [0.29, 0.717) is 69.9 Å². The standard InChI is InChI=1S/C42H56N2O7/c1-21(45)27-17-24(34-23-8-12-31-38(2,14-13-33(48)43-31)36(23)29(47)20-40(27,34)4)25-18-41(5)32(44-37(25)49)11-7-22-26-9-10-30(42(6)50-15-16-51-42)39(26,3)19-28(46)35(22)41/h11-12,22-27,30,34-36H,7-10,13-20H2,1-6H3,(H,43,48)(H,44,49)/t22?,23?,24?,25-,26?,27-,30+,34?,35?,36?,38+,39+,40-,41+/m1/s1. The Morgan fingerprint density at radius 1 is 0.784 bits per heavy atom. The Morgan fingerprint density at radius 2 is 1.41 bits per heavy atom. The summed E-state index contributed by atoms with van der Waals surface area (Å²) in [6.45, 7) is 13.7. The number of nitrogens with one attached hydrogen (secondary N) is 2. The van der Waals surface area contributed by atoms with Crippen LogP contribution < -0.4 is 10.6 Å². The number of carbonyl (C=O) groups excluding carboxylic acids is 5. The molecule has 0 radical (unpaired) electrons. The molecule has 51 heavy (non-hydrogen) atoms. The first kappa shape index (κ1) is 34.1. The number of carbonyl (C=O) groups is 5. The maximum Gasteiger partial charge on any atom is 0.227 e. The van der Waals surface area contributed by atoms with Gasteiger partial charge in [-0.1, -0.05) is 39.8 Å². The quantitative estimate of drug-likeness (QED) is 0.388. The lowest BCUT2D eigenvalue weighted by atomic mass is 9.45. The van der Waals surface area contributed by atoms with Gasteiger partial charge in [-0.25, -0.2) is 0 Å². The van der Waals surface area contributed by atoms with Crippen molar-refractivity contribution in [3.63, 3.8) is 0 Å². The van der Waals surface area contributed by atoms with Gasteiger partial charge in [0.15, 0.2) is 5.79 Å². The number of hydrogen-bond donors (Lipinski definition) is 2. The topological polar surface area (TPSA) is 128 Å². The average Bonchev–Trinajstić information content (AvgIpc) is 3.74. The zero-order valence-corrected chi connectivity index (χ0v) is 31.3. The predicted octanol–water partition coefficient (Wildman–Crippen LogP) is 5.67. The number of fused-ring (bicyclic) bond motifs is 10. The van der Waals surface area contributed by atoms with Gasteiger partial charge >= 0.3 is 0 Å². The van der Waals surface area contributed by atoms with Crippen LogP contribution >= 0.6 is 0 Å². The minimum absolute atomic E-state index is 0.00119. The smallest absolute Gasteiger partial charge is 0.227 e. The molecule has 7 fully saturated rings. The number of ketones is 3. The molecule has 9 heteroatoms. The van der Waals surface area contributed by atoms with Gasteiger partial charge in [0.1, 0.15) is 17.3 Å². The Morgan fingerprint density at radius 3 is 2.10 bits per heavy atom. The summed E-state index contributed by atoms with van der Waals surface area (Å²) in [5.74, 6) is -0.555. The first-order valence-electron chi connectivity index (χ1n) is 19.9. The number of hydrogen-bond acceptors (Lipinski definition) is 7. The molecular weight excluding hydrogens is 644 g/mol. The van der Waals surface area contributed by atoms with E-state index in [9.17, 15) is 24.0 Å². The van der Waals surface area contributed by atoms with E-state index in [2.05, 4.69) is 57.4 Å². The van der Waals surface area contributed by atoms with Crippen molar-refractivity contribution in [1.29, 1.82) is 0 Å². The zero-order valence-electron chi connectivity index (χ0n) is 31.3. The van der Waals surface area contributed by atoms with Crippen molar-refractivity contribution in [3.8, 4) is 0 Å². The third-order valence-corrected chi connectivity index (χ3v) is 17.3. The highest BCUT2D eigenvalue weighted by molar-refractivity contribution is 5.90. The molecule has 0 spiro atoms. The number of rotatable bonds is 3. The molecule has 2 amide bonds. The molecule has 7 unspecified atom stereocenters. The van der Waals surface area contributed by atoms with Crippen LogP contribution in [0.3, 0.4) is 0 Å². The van der Waals surface area contributed by atoms with Crippen LogP contribution in [0.15, 0.2) is 23.5 Å². The summed E-state index contributed by atoms with van der Waals surface area (Å²) < 4.78 is 12.4. The first-order valence-corrected chi connectivity index (χ1v) is 19.9. The van der Waals surface area contributed by atoms with Crippen LogP contribution in [0.5, 0.6) is 0 Å². The van der Waals surface area contributed by atoms with E-state index in [1.165, 1.54) is 0 Å². The molecule has 14 atom stereocenters. The van der Waals surface area contributed by atoms with Crippen LogP contribution in [-0.4, -0.2) is 48.2 Å². The summed E-state index contributed by atoms with van der Waals surface area (Å²) in [5.41, 5.74) is 0.0515. The minimum atomic E-state index is -0.656. The molecule has 9 aliphatic rings. The predicted molar refractivity (Wildman–Crippen MR) is 187 cm³/mol. The molecule has 0 aromatic carbocycles. The second-order valence-corrected chi connectivity index (χ2v) is 19.5. The summed E-state index contributed by atoms with van der Waals surface area (Å²) >= 11 is 0. The fourth-order valence-corrected chi connectivity index (χ4v) is 15.4. The molecular formula is C42H56N2O7. The maximum absolute atomic E-state index is 14.7. The number of ether oxygens (including phenoxy) is 2. The Bertz CT molecular complexity index is 1690. The largest absolute Gasteiger partial charge is 0.348 e. The van der Waals surface area contributed by atoms with Gasteiger partial charge in [0.25, 0.3) is 0 Å². The SMILES string of the molecule is CC(=O)[C@H]1CC([C@H]2C[C@@]3(C)C(=CCC4C3C(=O)C[C@@]3(C)C4CC[C@@H]3C3(C)OCCO3)NC2=O)C2C3CC=C4NC(=O)CC[C@]4(C)C3C(=O)C[C@@]21C. The lowest BCUT2D eigenvalue weighted by molar-refractivity contribution is -0.213. The Hall–Kier alpha value is -2.65. The van der Waals surface area contributed by atoms with Gasteiger partial charge in [-0.15, -0.1) is 0 Å². The summed E-state index contributed by atoms with van der Waals surface area (Å²) in [5, 5.41) is 6.47. The Kier molecular flexibility index (Phi) is 7.33. The first-order chi connectivity index (χ1) is 24.0. The van der Waals surface area contributed by atoms with E-state index in [1.54, 1.807) is 6.92 Å². The molecule has 3 aliphatic heterocycles. The van der Waals surface area contributed by atoms with E-state index in [0.717, 1.165) is 30.7 Å². The van der Waals surface area contributed by atoms with Gasteiger partial charge in [-0.3, -0.25) is 24.0 Å². The minimum Gasteiger partial charge on any atom is -0.348 e. The molecule has 0 aromatic heterocycles. The molecule has 6 aliphatic carbocycles. The number of allylic oxidation sites excluding steroid dienone is 4. The second-order valence-electron chi connectivity index (χ2n) is 19.5. The van der Waals surface area contributed by atoms with Crippen molar-refractivity contribution < 1.29 is 33.4 Å². The highest BCUT2D eigenvalue weighted by atomic mass is 16.7. The molecule has 3 saturated heterocycles. The molecule has 3 heterocycles. The molecule has 9 nitrogen and oxygen atoms in total. The van der Waals surface area contributed by atoms with Crippen molar-refractivity contribution in [1.82, 2.24) is 10.6 Å². The number of amides is 2. The summed E-state index contributed by atoms with van der Waals surface area (Å²) in [7, 11) is 0. The molecule has 0 bridgehead atoms. The fourth-order valence-electron chi connectivity index (χ4n) is 15.4. The van der Waals surface area contributed by atoms with Gasteiger partial charge in [0, 0.05) is 71.1 Å². The third kappa shape index (κ3) is 4.42. The van der Waals surface area contributed by atoms with Crippen LogP contribution in [-0.2, 0) is 33.4 Å². The third-order valence-electron chi connectivity index (χ3n) is 17.3. The number of piperidine rings is 2. The van der Waals surface area contributed by atoms with Gasteiger partial charge in [-0.05, 0) is 99.2 Å². The van der Waals surface area contributed by atoms with E-state index in [1.807, 2.05) is 0 Å². The van der Waals surface area contributed by atoms with Crippen LogP contribution in [0.2, 0.25) is 0 Å². The normalized spacial score (nSPS) is 51.1. The Labute approximate surface area is 301 Å². The second kappa shape index (κ2) is 11.0. The van der Waals surface area contributed by atoms with Crippen molar-refractivity contribution in [2.45, 2.75) is 112 Å². The molecule has 0 aromatic rings. The highest BCUT2D eigenvalue weighted by Gasteiger charge is 2.70. The molecule has 9 rings (SSSR count). The van der Waals surface area contributed by atoms with Gasteiger partial charge in [0.05, 0.1) is 13.2 Å². The number of Topliss-reactive ketones (excluding diaryl/α,β-unsaturated/α-hetero) is 3. The zero-order chi connectivity index (χ0) is 36.0. The van der Waals surface area contributed by atoms with E-state index >= 15 is 0 Å². The lowest BCUT2D eigenvalue weighted by Crippen LogP contribution is -2.61. The van der Waals surface area contributed by atoms with Crippen LogP contribution in [0.25, 0.3) is 0 Å². The van der Waals surface area contributed by atoms with E-state index in [-0.39, 0.29) is 82.1 Å². The monoisotopic (exact) mass is 700 g/mol. The van der Waals surface area contributed by atoms with E-state index in [4.69, 9.17) is 9.47 Å². The van der Waals surface area contributed by atoms with E-state index < -0.39 is 22.0 Å². The summed E-state index contributed by atoms with van der Waals surface area (Å²) in [6, 6.07) is 0. The summed E-state index contributed by atoms with van der Waals surface area (Å²) in [4.78, 5) is 69.3.